The number of thioether (sulfide) groups is 1. The second-order valence-electron chi connectivity index (χ2n) is 11.4. The van der Waals surface area contributed by atoms with Gasteiger partial charge in [0.2, 0.25) is 17.7 Å². The van der Waals surface area contributed by atoms with E-state index in [2.05, 4.69) is 0 Å². The van der Waals surface area contributed by atoms with Crippen molar-refractivity contribution in [3.8, 4) is 5.75 Å². The van der Waals surface area contributed by atoms with Crippen molar-refractivity contribution in [2.45, 2.75) is 62.2 Å². The van der Waals surface area contributed by atoms with Gasteiger partial charge in [-0.15, -0.1) is 11.8 Å². The first-order valence-electron chi connectivity index (χ1n) is 13.4. The molecule has 9 heteroatoms. The molecule has 1 aromatic carbocycles. The summed E-state index contributed by atoms with van der Waals surface area (Å²) < 4.78 is 4.67. The van der Waals surface area contributed by atoms with E-state index in [0.717, 1.165) is 11.4 Å². The van der Waals surface area contributed by atoms with Gasteiger partial charge < -0.3 is 24.5 Å². The van der Waals surface area contributed by atoms with Crippen LogP contribution in [0.2, 0.25) is 0 Å². The number of hydrogen-bond donors (Lipinski definition) is 1. The molecule has 4 heterocycles. The third kappa shape index (κ3) is 4.06. The lowest BCUT2D eigenvalue weighted by atomic mass is 9.78. The van der Waals surface area contributed by atoms with Crippen molar-refractivity contribution >= 4 is 35.2 Å². The molecule has 204 valence electrons. The molecule has 38 heavy (non-hydrogen) atoms. The zero-order chi connectivity index (χ0) is 27.4. The van der Waals surface area contributed by atoms with Crippen molar-refractivity contribution in [3.63, 3.8) is 0 Å². The first-order valence-corrected chi connectivity index (χ1v) is 14.2. The van der Waals surface area contributed by atoms with E-state index in [1.165, 1.54) is 0 Å². The van der Waals surface area contributed by atoms with Gasteiger partial charge in [-0.1, -0.05) is 24.3 Å². The lowest BCUT2D eigenvalue weighted by molar-refractivity contribution is -0.147. The molecule has 2 fully saturated rings. The molecule has 1 spiro atoms. The van der Waals surface area contributed by atoms with Crippen LogP contribution in [0.4, 0.5) is 5.69 Å². The minimum absolute atomic E-state index is 0.123. The molecule has 6 atom stereocenters. The number of carbonyl (C=O) groups excluding carboxylic acids is 3. The number of amides is 3. The van der Waals surface area contributed by atoms with Crippen molar-refractivity contribution in [1.29, 1.82) is 0 Å². The number of rotatable bonds is 5. The second-order valence-corrected chi connectivity index (χ2v) is 12.9. The SMILES string of the molecule is CCOc1ccc(N2CC=C[C@H]3S[C@]45C=CCN(C(C)(C)C)C(=O)C4N([C@H](C)CO)C(=O)[C@@H]5[C@H]3C2=O)cc1. The Morgan fingerprint density at radius 3 is 2.42 bits per heavy atom. The Kier molecular flexibility index (Phi) is 6.88. The fourth-order valence-corrected chi connectivity index (χ4v) is 8.36. The molecule has 5 rings (SSSR count). The highest BCUT2D eigenvalue weighted by Gasteiger charge is 2.71. The number of likely N-dealkylation sites (tertiary alicyclic amines) is 1. The Labute approximate surface area is 228 Å². The second kappa shape index (κ2) is 9.75. The Morgan fingerprint density at radius 2 is 1.79 bits per heavy atom. The van der Waals surface area contributed by atoms with Gasteiger partial charge in [-0.2, -0.15) is 0 Å². The average Bonchev–Trinajstić information content (AvgIpc) is 3.19. The number of ether oxygens (including phenoxy) is 1. The zero-order valence-electron chi connectivity index (χ0n) is 22.7. The molecular weight excluding hydrogens is 502 g/mol. The summed E-state index contributed by atoms with van der Waals surface area (Å²) in [6.45, 7) is 10.8. The molecule has 4 aliphatic rings. The number of anilines is 1. The predicted molar refractivity (Wildman–Crippen MR) is 148 cm³/mol. The van der Waals surface area contributed by atoms with Gasteiger partial charge in [-0.3, -0.25) is 14.4 Å². The van der Waals surface area contributed by atoms with Crippen molar-refractivity contribution < 1.29 is 24.2 Å². The van der Waals surface area contributed by atoms with E-state index >= 15 is 0 Å². The van der Waals surface area contributed by atoms with Crippen LogP contribution >= 0.6 is 11.8 Å². The Morgan fingerprint density at radius 1 is 1.08 bits per heavy atom. The van der Waals surface area contributed by atoms with E-state index in [-0.39, 0.29) is 29.6 Å². The quantitative estimate of drug-likeness (QED) is 0.579. The number of aliphatic hydroxyl groups excluding tert-OH is 1. The van der Waals surface area contributed by atoms with Crippen LogP contribution in [0.3, 0.4) is 0 Å². The van der Waals surface area contributed by atoms with Gasteiger partial charge >= 0.3 is 0 Å². The standard InChI is InChI=1S/C29H37N3O5S/c1-6-37-20-12-10-19(11-13-20)30-15-7-9-21-22(25(30)34)23-26(35)32(18(2)17-33)24-27(36)31(28(3,4)5)16-8-14-29(23,24)38-21/h7-14,18,21-24,33H,6,15-17H2,1-5H3/t18-,21-,22+,23+,24?,29+/m1/s1. The summed E-state index contributed by atoms with van der Waals surface area (Å²) in [5.41, 5.74) is 0.291. The number of benzene rings is 1. The number of hydrogen-bond acceptors (Lipinski definition) is 6. The molecular formula is C29H37N3O5S. The third-order valence-corrected chi connectivity index (χ3v) is 9.85. The van der Waals surface area contributed by atoms with Crippen LogP contribution < -0.4 is 9.64 Å². The third-order valence-electron chi connectivity index (χ3n) is 8.10. The molecule has 1 aromatic rings. The minimum atomic E-state index is -0.894. The van der Waals surface area contributed by atoms with Gasteiger partial charge in [0.1, 0.15) is 11.8 Å². The molecule has 0 aliphatic carbocycles. The number of aliphatic hydroxyl groups is 1. The van der Waals surface area contributed by atoms with Crippen molar-refractivity contribution in [1.82, 2.24) is 9.80 Å². The number of carbonyl (C=O) groups is 3. The topological polar surface area (TPSA) is 90.4 Å². The summed E-state index contributed by atoms with van der Waals surface area (Å²) in [5, 5.41) is 9.85. The van der Waals surface area contributed by atoms with E-state index in [1.54, 1.807) is 33.4 Å². The summed E-state index contributed by atoms with van der Waals surface area (Å²) in [7, 11) is 0. The van der Waals surface area contributed by atoms with Crippen molar-refractivity contribution in [2.75, 3.05) is 31.2 Å². The molecule has 0 radical (unpaired) electrons. The maximum Gasteiger partial charge on any atom is 0.247 e. The summed E-state index contributed by atoms with van der Waals surface area (Å²) >= 11 is 1.55. The van der Waals surface area contributed by atoms with Crippen LogP contribution in [0.1, 0.15) is 34.6 Å². The van der Waals surface area contributed by atoms with E-state index in [4.69, 9.17) is 4.74 Å². The van der Waals surface area contributed by atoms with E-state index in [1.807, 2.05) is 76.3 Å². The molecule has 8 nitrogen and oxygen atoms in total. The van der Waals surface area contributed by atoms with Crippen LogP contribution in [0.15, 0.2) is 48.6 Å². The van der Waals surface area contributed by atoms with Gasteiger partial charge in [0.25, 0.3) is 0 Å². The molecule has 2 saturated heterocycles. The van der Waals surface area contributed by atoms with Crippen LogP contribution in [0, 0.1) is 11.8 Å². The first kappa shape index (κ1) is 26.8. The minimum Gasteiger partial charge on any atom is -0.494 e. The number of nitrogens with zero attached hydrogens (tertiary/aromatic N) is 3. The van der Waals surface area contributed by atoms with Crippen LogP contribution in [0.5, 0.6) is 5.75 Å². The Bertz CT molecular complexity index is 1180. The van der Waals surface area contributed by atoms with Crippen molar-refractivity contribution in [2.24, 2.45) is 11.8 Å². The van der Waals surface area contributed by atoms with Crippen LogP contribution in [-0.2, 0) is 14.4 Å². The zero-order valence-corrected chi connectivity index (χ0v) is 23.5. The van der Waals surface area contributed by atoms with Crippen LogP contribution in [0.25, 0.3) is 0 Å². The summed E-state index contributed by atoms with van der Waals surface area (Å²) in [6.07, 6.45) is 8.01. The normalized spacial score (nSPS) is 31.6. The largest absolute Gasteiger partial charge is 0.494 e. The molecule has 0 bridgehead atoms. The molecule has 0 saturated carbocycles. The molecule has 3 amide bonds. The average molecular weight is 540 g/mol. The van der Waals surface area contributed by atoms with Gasteiger partial charge in [0.15, 0.2) is 0 Å². The molecule has 1 N–H and O–H groups in total. The lowest BCUT2D eigenvalue weighted by Gasteiger charge is -2.41. The first-order chi connectivity index (χ1) is 18.0. The Balaban J connectivity index is 1.58. The highest BCUT2D eigenvalue weighted by atomic mass is 32.2. The van der Waals surface area contributed by atoms with E-state index < -0.39 is 34.2 Å². The maximum atomic E-state index is 14.2. The molecule has 0 aromatic heterocycles. The molecule has 1 unspecified atom stereocenters. The van der Waals surface area contributed by atoms with E-state index in [9.17, 15) is 19.5 Å². The summed E-state index contributed by atoms with van der Waals surface area (Å²) in [4.78, 5) is 47.7. The molecule has 4 aliphatic heterocycles. The van der Waals surface area contributed by atoms with Crippen LogP contribution in [-0.4, -0.2) is 86.6 Å². The van der Waals surface area contributed by atoms with Crippen molar-refractivity contribution in [3.05, 3.63) is 48.6 Å². The fraction of sp³-hybridized carbons (Fsp3) is 0.552. The summed E-state index contributed by atoms with van der Waals surface area (Å²) in [5.74, 6) is -1.10. The predicted octanol–water partition coefficient (Wildman–Crippen LogP) is 2.86. The monoisotopic (exact) mass is 539 g/mol. The Hall–Kier alpha value is -2.78. The maximum absolute atomic E-state index is 14.2. The van der Waals surface area contributed by atoms with Gasteiger partial charge in [-0.05, 0) is 58.9 Å². The lowest BCUT2D eigenvalue weighted by Crippen LogP contribution is -2.59. The van der Waals surface area contributed by atoms with E-state index in [0.29, 0.717) is 19.7 Å². The fourth-order valence-electron chi connectivity index (χ4n) is 6.36. The number of fused-ring (bicyclic) bond motifs is 2. The highest BCUT2D eigenvalue weighted by Crippen LogP contribution is 2.61. The van der Waals surface area contributed by atoms with Gasteiger partial charge in [0.05, 0.1) is 35.8 Å². The summed E-state index contributed by atoms with van der Waals surface area (Å²) in [6, 6.07) is 6.08. The van der Waals surface area contributed by atoms with Gasteiger partial charge in [-0.25, -0.2) is 0 Å². The highest BCUT2D eigenvalue weighted by molar-refractivity contribution is 8.02. The van der Waals surface area contributed by atoms with Gasteiger partial charge in [0, 0.05) is 29.6 Å². The smallest absolute Gasteiger partial charge is 0.247 e.